The number of carbonyl (C=O) groups excluding carboxylic acids is 1. The molecule has 2 rings (SSSR count). The molecule has 4 nitrogen and oxygen atoms in total. The van der Waals surface area contributed by atoms with Crippen LogP contribution in [0, 0.1) is 0 Å². The molecule has 0 saturated carbocycles. The average molecular weight is 415 g/mol. The number of carbonyl (C=O) groups is 1. The van der Waals surface area contributed by atoms with E-state index in [9.17, 15) is 18.0 Å². The third-order valence-corrected chi connectivity index (χ3v) is 4.50. The molecule has 1 aromatic carbocycles. The molecule has 0 atom stereocenters. The highest BCUT2D eigenvalue weighted by Gasteiger charge is 2.36. The van der Waals surface area contributed by atoms with Crippen molar-refractivity contribution >= 4 is 23.5 Å². The van der Waals surface area contributed by atoms with Crippen molar-refractivity contribution in [2.45, 2.75) is 26.4 Å². The van der Waals surface area contributed by atoms with Crippen molar-refractivity contribution in [3.05, 3.63) is 77.6 Å². The molecule has 1 saturated heterocycles. The van der Waals surface area contributed by atoms with Gasteiger partial charge in [0, 0.05) is 31.8 Å². The lowest BCUT2D eigenvalue weighted by molar-refractivity contribution is -0.137. The Morgan fingerprint density at radius 3 is 2.60 bits per heavy atom. The molecule has 1 amide bonds. The second kappa shape index (κ2) is 10.0. The predicted octanol–water partition coefficient (Wildman–Crippen LogP) is 5.67. The summed E-state index contributed by atoms with van der Waals surface area (Å²) in [5.41, 5.74) is 1.16. The van der Waals surface area contributed by atoms with Gasteiger partial charge in [0.2, 0.25) is 0 Å². The summed E-state index contributed by atoms with van der Waals surface area (Å²) in [6.07, 6.45) is 5.08. The largest absolute Gasteiger partial charge is 0.416 e. The van der Waals surface area contributed by atoms with Crippen LogP contribution in [0.25, 0.3) is 0 Å². The SMILES string of the molecule is C=C1C(=Nc2cccc(C(F)(F)F)c2)C(=O)N(C/C(=C/C)CC=NC)/C1=C/C=C\C. The normalized spacial score (nSPS) is 18.7. The van der Waals surface area contributed by atoms with E-state index in [-0.39, 0.29) is 11.4 Å². The molecule has 0 unspecified atom stereocenters. The number of aliphatic imine (C=N–C) groups is 2. The van der Waals surface area contributed by atoms with Crippen LogP contribution < -0.4 is 0 Å². The molecule has 0 spiro atoms. The fourth-order valence-corrected chi connectivity index (χ4v) is 2.87. The molecule has 30 heavy (non-hydrogen) atoms. The van der Waals surface area contributed by atoms with Crippen LogP contribution in [-0.4, -0.2) is 36.3 Å². The Bertz CT molecular complexity index is 966. The second-order valence-electron chi connectivity index (χ2n) is 6.55. The number of halogens is 3. The van der Waals surface area contributed by atoms with Crippen molar-refractivity contribution in [3.8, 4) is 0 Å². The standard InChI is InChI=1S/C23H24F3N3O/c1-5-7-11-20-16(3)21(22(30)29(20)15-17(6-2)12-13-27-4)28-19-10-8-9-18(14-19)23(24,25)26/h5-11,13-14H,3,12,15H2,1-2,4H3/b7-5-,17-6+,20-11+,27-13?,28-21?. The molecular formula is C23H24F3N3O. The average Bonchev–Trinajstić information content (AvgIpc) is 2.93. The number of hydrogen-bond acceptors (Lipinski definition) is 3. The summed E-state index contributed by atoms with van der Waals surface area (Å²) in [4.78, 5) is 22.8. The van der Waals surface area contributed by atoms with Crippen LogP contribution in [0.1, 0.15) is 25.8 Å². The van der Waals surface area contributed by atoms with Gasteiger partial charge in [0.1, 0.15) is 5.71 Å². The van der Waals surface area contributed by atoms with Gasteiger partial charge in [-0.05, 0) is 43.7 Å². The molecule has 1 aromatic rings. The lowest BCUT2D eigenvalue weighted by atomic mass is 10.1. The maximum atomic E-state index is 13.1. The van der Waals surface area contributed by atoms with Crippen LogP contribution in [0.5, 0.6) is 0 Å². The quantitative estimate of drug-likeness (QED) is 0.436. The molecule has 1 heterocycles. The fourth-order valence-electron chi connectivity index (χ4n) is 2.87. The summed E-state index contributed by atoms with van der Waals surface area (Å²) in [7, 11) is 1.67. The number of hydrogen-bond donors (Lipinski definition) is 0. The van der Waals surface area contributed by atoms with Crippen molar-refractivity contribution < 1.29 is 18.0 Å². The molecule has 0 N–H and O–H groups in total. The maximum Gasteiger partial charge on any atom is 0.416 e. The lowest BCUT2D eigenvalue weighted by Crippen LogP contribution is -2.28. The summed E-state index contributed by atoms with van der Waals surface area (Å²) < 4.78 is 39.0. The first-order chi connectivity index (χ1) is 14.2. The van der Waals surface area contributed by atoms with E-state index in [2.05, 4.69) is 16.6 Å². The number of amides is 1. The van der Waals surface area contributed by atoms with Crippen LogP contribution in [-0.2, 0) is 11.0 Å². The number of alkyl halides is 3. The van der Waals surface area contributed by atoms with Crippen LogP contribution >= 0.6 is 0 Å². The van der Waals surface area contributed by atoms with E-state index in [0.29, 0.717) is 24.2 Å². The first kappa shape index (κ1) is 23.1. The summed E-state index contributed by atoms with van der Waals surface area (Å²) in [6.45, 7) is 8.00. The maximum absolute atomic E-state index is 13.1. The van der Waals surface area contributed by atoms with Crippen molar-refractivity contribution in [2.75, 3.05) is 13.6 Å². The van der Waals surface area contributed by atoms with Gasteiger partial charge in [-0.15, -0.1) is 0 Å². The van der Waals surface area contributed by atoms with Gasteiger partial charge in [0.15, 0.2) is 0 Å². The van der Waals surface area contributed by atoms with Gasteiger partial charge in [0.25, 0.3) is 5.91 Å². The molecule has 1 aliphatic rings. The molecule has 0 aromatic heterocycles. The van der Waals surface area contributed by atoms with E-state index < -0.39 is 17.6 Å². The zero-order chi connectivity index (χ0) is 22.3. The van der Waals surface area contributed by atoms with Gasteiger partial charge in [-0.3, -0.25) is 4.79 Å². The van der Waals surface area contributed by atoms with Crippen molar-refractivity contribution in [1.29, 1.82) is 0 Å². The van der Waals surface area contributed by atoms with Gasteiger partial charge in [-0.2, -0.15) is 13.2 Å². The minimum absolute atomic E-state index is 0.0321. The van der Waals surface area contributed by atoms with E-state index in [1.165, 1.54) is 17.0 Å². The van der Waals surface area contributed by atoms with Crippen molar-refractivity contribution in [1.82, 2.24) is 4.90 Å². The highest BCUT2D eigenvalue weighted by atomic mass is 19.4. The van der Waals surface area contributed by atoms with Gasteiger partial charge < -0.3 is 9.89 Å². The van der Waals surface area contributed by atoms with Crippen LogP contribution in [0.2, 0.25) is 0 Å². The topological polar surface area (TPSA) is 45.0 Å². The molecule has 0 aliphatic carbocycles. The van der Waals surface area contributed by atoms with E-state index in [0.717, 1.165) is 17.7 Å². The molecule has 7 heteroatoms. The first-order valence-corrected chi connectivity index (χ1v) is 9.38. The molecule has 0 bridgehead atoms. The minimum atomic E-state index is -4.49. The molecule has 158 valence electrons. The Morgan fingerprint density at radius 1 is 1.27 bits per heavy atom. The number of benzene rings is 1. The number of rotatable bonds is 6. The highest BCUT2D eigenvalue weighted by Crippen LogP contribution is 2.33. The Labute approximate surface area is 174 Å². The lowest BCUT2D eigenvalue weighted by Gasteiger charge is -2.18. The third kappa shape index (κ3) is 5.43. The van der Waals surface area contributed by atoms with Gasteiger partial charge in [-0.25, -0.2) is 4.99 Å². The molecular weight excluding hydrogens is 391 g/mol. The monoisotopic (exact) mass is 415 g/mol. The smallest absolute Gasteiger partial charge is 0.302 e. The molecule has 1 fully saturated rings. The number of likely N-dealkylation sites (tertiary alicyclic amines) is 1. The molecule has 1 aliphatic heterocycles. The molecule has 0 radical (unpaired) electrons. The van der Waals surface area contributed by atoms with Crippen molar-refractivity contribution in [2.24, 2.45) is 9.98 Å². The Kier molecular flexibility index (Phi) is 7.69. The fraction of sp³-hybridized carbons (Fsp3) is 0.261. The van der Waals surface area contributed by atoms with E-state index in [4.69, 9.17) is 0 Å². The first-order valence-electron chi connectivity index (χ1n) is 9.38. The highest BCUT2D eigenvalue weighted by molar-refractivity contribution is 6.50. The van der Waals surface area contributed by atoms with Gasteiger partial charge >= 0.3 is 6.18 Å². The zero-order valence-corrected chi connectivity index (χ0v) is 17.2. The zero-order valence-electron chi connectivity index (χ0n) is 17.2. The number of allylic oxidation sites excluding steroid dienone is 5. The van der Waals surface area contributed by atoms with Gasteiger partial charge in [0.05, 0.1) is 16.9 Å². The third-order valence-electron chi connectivity index (χ3n) is 4.50. The van der Waals surface area contributed by atoms with Crippen LogP contribution in [0.3, 0.4) is 0 Å². The Hall–Kier alpha value is -3.22. The Morgan fingerprint density at radius 2 is 2.00 bits per heavy atom. The summed E-state index contributed by atoms with van der Waals surface area (Å²) in [6, 6.07) is 4.57. The number of nitrogens with zero attached hydrogens (tertiary/aromatic N) is 3. The summed E-state index contributed by atoms with van der Waals surface area (Å²) in [5, 5.41) is 0. The van der Waals surface area contributed by atoms with Crippen LogP contribution in [0.15, 0.2) is 82.0 Å². The van der Waals surface area contributed by atoms with Crippen molar-refractivity contribution in [3.63, 3.8) is 0 Å². The van der Waals surface area contributed by atoms with Gasteiger partial charge in [-0.1, -0.05) is 30.9 Å². The summed E-state index contributed by atoms with van der Waals surface area (Å²) in [5.74, 6) is -0.402. The summed E-state index contributed by atoms with van der Waals surface area (Å²) >= 11 is 0. The van der Waals surface area contributed by atoms with E-state index in [1.807, 2.05) is 26.0 Å². The van der Waals surface area contributed by atoms with E-state index in [1.54, 1.807) is 25.4 Å². The Balaban J connectivity index is 2.46. The predicted molar refractivity (Wildman–Crippen MR) is 115 cm³/mol. The minimum Gasteiger partial charge on any atom is -0.302 e. The van der Waals surface area contributed by atoms with E-state index >= 15 is 0 Å². The van der Waals surface area contributed by atoms with Crippen LogP contribution in [0.4, 0.5) is 18.9 Å². The second-order valence-corrected chi connectivity index (χ2v) is 6.55.